The van der Waals surface area contributed by atoms with E-state index in [4.69, 9.17) is 10.3 Å². The summed E-state index contributed by atoms with van der Waals surface area (Å²) < 4.78 is 5.27. The molecule has 1 amide bonds. The zero-order valence-corrected chi connectivity index (χ0v) is 11.8. The van der Waals surface area contributed by atoms with E-state index in [0.29, 0.717) is 17.3 Å². The van der Waals surface area contributed by atoms with Crippen molar-refractivity contribution in [1.29, 1.82) is 0 Å². The molecule has 110 valence electrons. The number of primary amides is 1. The first-order chi connectivity index (χ1) is 10.1. The van der Waals surface area contributed by atoms with Crippen molar-refractivity contribution in [2.75, 3.05) is 18.0 Å². The molecule has 7 nitrogen and oxygen atoms in total. The molecular weight excluding hydrogens is 270 g/mol. The fraction of sp³-hybridized carbons (Fsp3) is 0.429. The molecule has 3 heterocycles. The number of rotatable bonds is 3. The van der Waals surface area contributed by atoms with Crippen LogP contribution in [0.3, 0.4) is 0 Å². The zero-order valence-electron chi connectivity index (χ0n) is 11.8. The molecule has 1 aliphatic rings. The van der Waals surface area contributed by atoms with Crippen molar-refractivity contribution in [2.24, 2.45) is 5.73 Å². The van der Waals surface area contributed by atoms with E-state index in [1.165, 1.54) is 6.20 Å². The van der Waals surface area contributed by atoms with Crippen LogP contribution in [-0.4, -0.2) is 34.1 Å². The van der Waals surface area contributed by atoms with Crippen molar-refractivity contribution < 1.29 is 9.32 Å². The van der Waals surface area contributed by atoms with Crippen LogP contribution >= 0.6 is 0 Å². The van der Waals surface area contributed by atoms with Crippen LogP contribution in [-0.2, 0) is 0 Å². The fourth-order valence-electron chi connectivity index (χ4n) is 2.73. The van der Waals surface area contributed by atoms with Gasteiger partial charge in [0.25, 0.3) is 5.91 Å². The summed E-state index contributed by atoms with van der Waals surface area (Å²) in [5, 5.41) is 3.85. The quantitative estimate of drug-likeness (QED) is 0.912. The minimum absolute atomic E-state index is 0.175. The Hall–Kier alpha value is -2.44. The van der Waals surface area contributed by atoms with Gasteiger partial charge in [-0.2, -0.15) is 4.98 Å². The molecule has 1 unspecified atom stereocenters. The zero-order chi connectivity index (χ0) is 14.8. The first kappa shape index (κ1) is 13.5. The van der Waals surface area contributed by atoms with Crippen LogP contribution in [0.15, 0.2) is 23.0 Å². The third-order valence-corrected chi connectivity index (χ3v) is 3.72. The van der Waals surface area contributed by atoms with Crippen molar-refractivity contribution in [2.45, 2.75) is 25.7 Å². The van der Waals surface area contributed by atoms with Crippen LogP contribution < -0.4 is 10.6 Å². The smallest absolute Gasteiger partial charge is 0.252 e. The van der Waals surface area contributed by atoms with Crippen molar-refractivity contribution in [3.05, 3.63) is 35.7 Å². The second-order valence-corrected chi connectivity index (χ2v) is 5.22. The van der Waals surface area contributed by atoms with Crippen molar-refractivity contribution in [3.63, 3.8) is 0 Å². The second-order valence-electron chi connectivity index (χ2n) is 5.22. The number of aromatic nitrogens is 3. The summed E-state index contributed by atoms with van der Waals surface area (Å²) >= 11 is 0. The number of aryl methyl sites for hydroxylation is 1. The maximum absolute atomic E-state index is 11.5. The Balaban J connectivity index is 1.85. The highest BCUT2D eigenvalue weighted by Crippen LogP contribution is 2.30. The number of hydrogen-bond donors (Lipinski definition) is 1. The van der Waals surface area contributed by atoms with Gasteiger partial charge in [0.1, 0.15) is 0 Å². The van der Waals surface area contributed by atoms with Gasteiger partial charge in [-0.1, -0.05) is 5.16 Å². The number of carbonyl (C=O) groups excluding carboxylic acids is 1. The van der Waals surface area contributed by atoms with Gasteiger partial charge in [0.15, 0.2) is 5.82 Å². The van der Waals surface area contributed by atoms with Gasteiger partial charge in [-0.15, -0.1) is 0 Å². The minimum Gasteiger partial charge on any atom is -0.370 e. The number of amides is 1. The molecular formula is C14H17N5O2. The van der Waals surface area contributed by atoms with Crippen molar-refractivity contribution in [3.8, 4) is 0 Å². The van der Waals surface area contributed by atoms with E-state index in [0.717, 1.165) is 31.6 Å². The van der Waals surface area contributed by atoms with E-state index in [1.54, 1.807) is 6.20 Å². The molecule has 0 aromatic carbocycles. The van der Waals surface area contributed by atoms with Crippen LogP contribution in [0.1, 0.15) is 40.8 Å². The van der Waals surface area contributed by atoms with Crippen LogP contribution in [0.4, 0.5) is 5.69 Å². The second kappa shape index (κ2) is 5.51. The molecule has 2 N–H and O–H groups in total. The van der Waals surface area contributed by atoms with Gasteiger partial charge < -0.3 is 15.2 Å². The lowest BCUT2D eigenvalue weighted by Gasteiger charge is -2.33. The molecule has 7 heteroatoms. The molecule has 1 saturated heterocycles. The number of carbonyl (C=O) groups is 1. The average Bonchev–Trinajstić information content (AvgIpc) is 2.94. The molecule has 1 fully saturated rings. The highest BCUT2D eigenvalue weighted by Gasteiger charge is 2.27. The maximum Gasteiger partial charge on any atom is 0.252 e. The summed E-state index contributed by atoms with van der Waals surface area (Å²) in [6.07, 6.45) is 5.17. The molecule has 21 heavy (non-hydrogen) atoms. The maximum atomic E-state index is 11.5. The Morgan fingerprint density at radius 2 is 2.38 bits per heavy atom. The standard InChI is InChI=1S/C14H17N5O2/c1-9-17-14(21-18-9)10-3-2-6-19(8-10)12-4-5-16-7-11(12)13(15)20/h4-5,7,10H,2-3,6,8H2,1H3,(H2,15,20). The molecule has 2 aromatic heterocycles. The lowest BCUT2D eigenvalue weighted by Crippen LogP contribution is -2.36. The summed E-state index contributed by atoms with van der Waals surface area (Å²) in [5.74, 6) is 1.01. The molecule has 1 atom stereocenters. The van der Waals surface area contributed by atoms with Crippen LogP contribution in [0.5, 0.6) is 0 Å². The Morgan fingerprint density at radius 3 is 3.10 bits per heavy atom. The monoisotopic (exact) mass is 287 g/mol. The van der Waals surface area contributed by atoms with E-state index in [-0.39, 0.29) is 5.92 Å². The number of anilines is 1. The lowest BCUT2D eigenvalue weighted by atomic mass is 9.97. The predicted octanol–water partition coefficient (Wildman–Crippen LogP) is 1.26. The van der Waals surface area contributed by atoms with Gasteiger partial charge in [0, 0.05) is 25.5 Å². The van der Waals surface area contributed by atoms with E-state index in [9.17, 15) is 4.79 Å². The molecule has 2 aromatic rings. The van der Waals surface area contributed by atoms with Crippen LogP contribution in [0.2, 0.25) is 0 Å². The summed E-state index contributed by atoms with van der Waals surface area (Å²) in [4.78, 5) is 22.0. The number of hydrogen-bond acceptors (Lipinski definition) is 6. The number of nitrogens with two attached hydrogens (primary N) is 1. The summed E-state index contributed by atoms with van der Waals surface area (Å²) in [6.45, 7) is 3.40. The molecule has 0 spiro atoms. The summed E-state index contributed by atoms with van der Waals surface area (Å²) in [6, 6.07) is 1.82. The Morgan fingerprint density at radius 1 is 1.52 bits per heavy atom. The molecule has 0 aliphatic carbocycles. The topological polar surface area (TPSA) is 98.1 Å². The van der Waals surface area contributed by atoms with Crippen molar-refractivity contribution >= 4 is 11.6 Å². The first-order valence-electron chi connectivity index (χ1n) is 6.94. The SMILES string of the molecule is Cc1noc(C2CCCN(c3ccncc3C(N)=O)C2)n1. The number of pyridine rings is 1. The van der Waals surface area contributed by atoms with Crippen LogP contribution in [0.25, 0.3) is 0 Å². The fourth-order valence-corrected chi connectivity index (χ4v) is 2.73. The number of piperidine rings is 1. The van der Waals surface area contributed by atoms with Gasteiger partial charge in [-0.3, -0.25) is 9.78 Å². The largest absolute Gasteiger partial charge is 0.370 e. The van der Waals surface area contributed by atoms with E-state index < -0.39 is 5.91 Å². The highest BCUT2D eigenvalue weighted by molar-refractivity contribution is 5.98. The van der Waals surface area contributed by atoms with Gasteiger partial charge in [0.05, 0.1) is 17.2 Å². The Labute approximate surface area is 122 Å². The third kappa shape index (κ3) is 2.72. The third-order valence-electron chi connectivity index (χ3n) is 3.72. The summed E-state index contributed by atoms with van der Waals surface area (Å²) in [7, 11) is 0. The normalized spacial score (nSPS) is 18.7. The van der Waals surface area contributed by atoms with Gasteiger partial charge in [-0.25, -0.2) is 0 Å². The van der Waals surface area contributed by atoms with Crippen LogP contribution in [0, 0.1) is 6.92 Å². The molecule has 3 rings (SSSR count). The van der Waals surface area contributed by atoms with Crippen molar-refractivity contribution in [1.82, 2.24) is 15.1 Å². The lowest BCUT2D eigenvalue weighted by molar-refractivity contribution is 0.100. The Bertz CT molecular complexity index is 654. The molecule has 1 aliphatic heterocycles. The Kier molecular flexibility index (Phi) is 3.55. The average molecular weight is 287 g/mol. The molecule has 0 radical (unpaired) electrons. The molecule has 0 bridgehead atoms. The molecule has 0 saturated carbocycles. The minimum atomic E-state index is -0.464. The van der Waals surface area contributed by atoms with E-state index >= 15 is 0 Å². The van der Waals surface area contributed by atoms with Gasteiger partial charge in [0.2, 0.25) is 5.89 Å². The number of nitrogens with zero attached hydrogens (tertiary/aromatic N) is 4. The van der Waals surface area contributed by atoms with E-state index in [2.05, 4.69) is 20.0 Å². The van der Waals surface area contributed by atoms with Gasteiger partial charge in [-0.05, 0) is 25.8 Å². The highest BCUT2D eigenvalue weighted by atomic mass is 16.5. The van der Waals surface area contributed by atoms with E-state index in [1.807, 2.05) is 13.0 Å². The predicted molar refractivity (Wildman–Crippen MR) is 76.0 cm³/mol. The first-order valence-corrected chi connectivity index (χ1v) is 6.94. The summed E-state index contributed by atoms with van der Waals surface area (Å²) in [5.41, 5.74) is 6.69. The van der Waals surface area contributed by atoms with Gasteiger partial charge >= 0.3 is 0 Å².